The summed E-state index contributed by atoms with van der Waals surface area (Å²) in [5.41, 5.74) is 7.64. The third-order valence-corrected chi connectivity index (χ3v) is 8.06. The van der Waals surface area contributed by atoms with Gasteiger partial charge in [0, 0.05) is 21.5 Å². The Morgan fingerprint density at radius 1 is 0.575 bits per heavy atom. The van der Waals surface area contributed by atoms with Crippen LogP contribution >= 0.6 is 0 Å². The molecule has 0 N–H and O–H groups in total. The lowest BCUT2D eigenvalue weighted by atomic mass is 9.85. The van der Waals surface area contributed by atoms with Crippen molar-refractivity contribution in [2.45, 2.75) is 0 Å². The topological polar surface area (TPSA) is 22.4 Å². The Morgan fingerprint density at radius 3 is 2.17 bits per heavy atom. The van der Waals surface area contributed by atoms with Crippen LogP contribution in [0, 0.1) is 0 Å². The highest BCUT2D eigenvalue weighted by Gasteiger charge is 2.21. The van der Waals surface area contributed by atoms with Crippen LogP contribution in [0.2, 0.25) is 0 Å². The highest BCUT2D eigenvalue weighted by Crippen LogP contribution is 2.48. The fourth-order valence-electron chi connectivity index (χ4n) is 6.35. The Labute approximate surface area is 231 Å². The van der Waals surface area contributed by atoms with Crippen molar-refractivity contribution in [1.82, 2.24) is 0 Å². The monoisotopic (exact) mass is 512 g/mol. The second-order valence-electron chi connectivity index (χ2n) is 10.2. The van der Waals surface area contributed by atoms with E-state index in [9.17, 15) is 0 Å². The largest absolute Gasteiger partial charge is 0.466 e. The summed E-state index contributed by atoms with van der Waals surface area (Å²) in [7, 11) is 0. The quantitative estimate of drug-likeness (QED) is 0.169. The van der Waals surface area contributed by atoms with Gasteiger partial charge < -0.3 is 9.15 Å². The van der Waals surface area contributed by atoms with E-state index in [-0.39, 0.29) is 0 Å². The highest BCUT2D eigenvalue weighted by atomic mass is 16.5. The summed E-state index contributed by atoms with van der Waals surface area (Å²) in [6.45, 7) is 7.66. The summed E-state index contributed by atoms with van der Waals surface area (Å²) in [4.78, 5) is 0. The average Bonchev–Trinajstić information content (AvgIpc) is 3.40. The van der Waals surface area contributed by atoms with Crippen molar-refractivity contribution < 1.29 is 9.15 Å². The molecule has 1 heterocycles. The van der Waals surface area contributed by atoms with Crippen LogP contribution in [-0.4, -0.2) is 0 Å². The molecular weight excluding hydrogens is 488 g/mol. The van der Waals surface area contributed by atoms with E-state index in [1.807, 2.05) is 18.2 Å². The van der Waals surface area contributed by atoms with Gasteiger partial charge in [0.2, 0.25) is 0 Å². The fraction of sp³-hybridized carbons (Fsp3) is 0. The van der Waals surface area contributed by atoms with Crippen molar-refractivity contribution in [1.29, 1.82) is 0 Å². The molecule has 0 radical (unpaired) electrons. The first-order valence-corrected chi connectivity index (χ1v) is 13.4. The molecule has 0 saturated heterocycles. The second kappa shape index (κ2) is 8.59. The van der Waals surface area contributed by atoms with Crippen LogP contribution in [0.3, 0.4) is 0 Å². The minimum atomic E-state index is 0.773. The number of furan rings is 1. The standard InChI is InChI=1S/C38H24O2/c1-3-23-15-20-34-33(21-23)37-30-13-8-12-29-32(22-25-9-7-14-31(38(37)40-34)35(25)36(29)30)28-11-6-5-10-27(28)24-16-18-26(19-17-24)39-4-2/h3-22H,1-2H2. The molecule has 7 aromatic carbocycles. The smallest absolute Gasteiger partial charge is 0.143 e. The number of benzene rings is 7. The molecule has 0 aliphatic rings. The number of fused-ring (bicyclic) bond motifs is 5. The predicted molar refractivity (Wildman–Crippen MR) is 169 cm³/mol. The molecule has 188 valence electrons. The molecule has 8 aromatic rings. The molecule has 0 spiro atoms. The van der Waals surface area contributed by atoms with Gasteiger partial charge in [0.05, 0.1) is 6.26 Å². The van der Waals surface area contributed by atoms with Gasteiger partial charge >= 0.3 is 0 Å². The number of hydrogen-bond donors (Lipinski definition) is 0. The molecule has 0 unspecified atom stereocenters. The first kappa shape index (κ1) is 22.6. The summed E-state index contributed by atoms with van der Waals surface area (Å²) in [6, 6.07) is 38.7. The van der Waals surface area contributed by atoms with Crippen molar-refractivity contribution in [3.8, 4) is 28.0 Å². The lowest BCUT2D eigenvalue weighted by Gasteiger charge is -2.18. The van der Waals surface area contributed by atoms with Crippen LogP contribution in [0.15, 0.2) is 133 Å². The highest BCUT2D eigenvalue weighted by molar-refractivity contribution is 6.38. The SMILES string of the molecule is C=COc1ccc(-c2ccccc2-c2cc3cccc4c5oc6ccc(C=C)cc6c5c5cccc2c5c34)cc1. The zero-order valence-electron chi connectivity index (χ0n) is 21.8. The summed E-state index contributed by atoms with van der Waals surface area (Å²) < 4.78 is 12.0. The molecule has 0 amide bonds. The molecule has 0 saturated carbocycles. The molecular formula is C38H24O2. The fourth-order valence-corrected chi connectivity index (χ4v) is 6.35. The second-order valence-corrected chi connectivity index (χ2v) is 10.2. The van der Waals surface area contributed by atoms with E-state index in [0.29, 0.717) is 0 Å². The van der Waals surface area contributed by atoms with E-state index in [4.69, 9.17) is 9.15 Å². The van der Waals surface area contributed by atoms with Crippen molar-refractivity contribution in [2.75, 3.05) is 0 Å². The molecule has 2 nitrogen and oxygen atoms in total. The molecule has 2 heteroatoms. The van der Waals surface area contributed by atoms with Crippen LogP contribution in [0.25, 0.3) is 82.6 Å². The third kappa shape index (κ3) is 3.17. The zero-order chi connectivity index (χ0) is 26.8. The van der Waals surface area contributed by atoms with E-state index in [0.717, 1.165) is 44.2 Å². The van der Waals surface area contributed by atoms with E-state index in [2.05, 4.69) is 110 Å². The van der Waals surface area contributed by atoms with Crippen molar-refractivity contribution in [3.63, 3.8) is 0 Å². The maximum atomic E-state index is 6.54. The van der Waals surface area contributed by atoms with Crippen LogP contribution in [-0.2, 0) is 0 Å². The summed E-state index contributed by atoms with van der Waals surface area (Å²) >= 11 is 0. The number of ether oxygens (including phenoxy) is 1. The molecule has 1 aromatic heterocycles. The Hall–Kier alpha value is -5.34. The van der Waals surface area contributed by atoms with Gasteiger partial charge in [0.25, 0.3) is 0 Å². The Balaban J connectivity index is 1.49. The van der Waals surface area contributed by atoms with E-state index in [1.54, 1.807) is 0 Å². The Bertz CT molecular complexity index is 2270. The van der Waals surface area contributed by atoms with Gasteiger partial charge in [0.1, 0.15) is 16.9 Å². The minimum absolute atomic E-state index is 0.773. The summed E-state index contributed by atoms with van der Waals surface area (Å²) in [6.07, 6.45) is 3.34. The normalized spacial score (nSPS) is 11.7. The average molecular weight is 513 g/mol. The van der Waals surface area contributed by atoms with Crippen LogP contribution in [0.4, 0.5) is 0 Å². The number of rotatable bonds is 5. The van der Waals surface area contributed by atoms with Gasteiger partial charge in [-0.15, -0.1) is 0 Å². The molecule has 0 atom stereocenters. The molecule has 0 fully saturated rings. The van der Waals surface area contributed by atoms with Gasteiger partial charge in [0.15, 0.2) is 0 Å². The van der Waals surface area contributed by atoms with Gasteiger partial charge in [-0.3, -0.25) is 0 Å². The van der Waals surface area contributed by atoms with Crippen molar-refractivity contribution >= 4 is 60.3 Å². The Kier molecular flexibility index (Phi) is 4.86. The summed E-state index contributed by atoms with van der Waals surface area (Å²) in [5, 5.41) is 9.59. The van der Waals surface area contributed by atoms with Crippen LogP contribution < -0.4 is 4.74 Å². The molecule has 0 aliphatic heterocycles. The Morgan fingerprint density at radius 2 is 1.35 bits per heavy atom. The van der Waals surface area contributed by atoms with Gasteiger partial charge in [-0.2, -0.15) is 0 Å². The van der Waals surface area contributed by atoms with E-state index >= 15 is 0 Å². The van der Waals surface area contributed by atoms with Crippen molar-refractivity contribution in [2.24, 2.45) is 0 Å². The minimum Gasteiger partial charge on any atom is -0.466 e. The van der Waals surface area contributed by atoms with Crippen molar-refractivity contribution in [3.05, 3.63) is 134 Å². The lowest BCUT2D eigenvalue weighted by molar-refractivity contribution is 0.483. The maximum Gasteiger partial charge on any atom is 0.143 e. The third-order valence-electron chi connectivity index (χ3n) is 8.06. The molecule has 40 heavy (non-hydrogen) atoms. The summed E-state index contributed by atoms with van der Waals surface area (Å²) in [5.74, 6) is 0.773. The molecule has 0 bridgehead atoms. The van der Waals surface area contributed by atoms with Gasteiger partial charge in [-0.05, 0) is 79.7 Å². The first-order chi connectivity index (χ1) is 19.7. The number of hydrogen-bond acceptors (Lipinski definition) is 2. The van der Waals surface area contributed by atoms with E-state index in [1.165, 1.54) is 49.9 Å². The maximum absolute atomic E-state index is 6.54. The zero-order valence-corrected chi connectivity index (χ0v) is 21.8. The van der Waals surface area contributed by atoms with Crippen LogP contribution in [0.5, 0.6) is 5.75 Å². The first-order valence-electron chi connectivity index (χ1n) is 13.4. The molecule has 8 rings (SSSR count). The molecule has 0 aliphatic carbocycles. The lowest BCUT2D eigenvalue weighted by Crippen LogP contribution is -1.91. The van der Waals surface area contributed by atoms with Gasteiger partial charge in [-0.25, -0.2) is 0 Å². The van der Waals surface area contributed by atoms with Crippen LogP contribution in [0.1, 0.15) is 5.56 Å². The predicted octanol–water partition coefficient (Wildman–Crippen LogP) is 11.0. The van der Waals surface area contributed by atoms with Gasteiger partial charge in [-0.1, -0.05) is 98.1 Å². The van der Waals surface area contributed by atoms with E-state index < -0.39 is 0 Å².